The molecule has 106 valence electrons. The summed E-state index contributed by atoms with van der Waals surface area (Å²) in [5.41, 5.74) is 5.27. The van der Waals surface area contributed by atoms with Crippen molar-refractivity contribution in [3.63, 3.8) is 0 Å². The van der Waals surface area contributed by atoms with Crippen molar-refractivity contribution in [3.05, 3.63) is 33.0 Å². The fraction of sp³-hybridized carbons (Fsp3) is 0.538. The first kappa shape index (κ1) is 15.1. The molecule has 4 N–H and O–H groups in total. The summed E-state index contributed by atoms with van der Waals surface area (Å²) < 4.78 is 1.41. The maximum Gasteiger partial charge on any atom is 0.330 e. The Kier molecular flexibility index (Phi) is 5.92. The standard InChI is InChI=1S/C13H22N4O2/c1-3-5-7-8-15-10-11(14)17(9-6-4-2)13(19)16-12(10)18/h3,5,15H,4,6-9,14H2,1-2H3,(H,16,18,19)/b5-3+. The summed E-state index contributed by atoms with van der Waals surface area (Å²) >= 11 is 0. The molecule has 0 saturated carbocycles. The first-order valence-electron chi connectivity index (χ1n) is 6.59. The maximum atomic E-state index is 11.7. The minimum Gasteiger partial charge on any atom is -0.383 e. The van der Waals surface area contributed by atoms with E-state index >= 15 is 0 Å². The van der Waals surface area contributed by atoms with Crippen LogP contribution in [0.3, 0.4) is 0 Å². The van der Waals surface area contributed by atoms with Crippen LogP contribution in [0.2, 0.25) is 0 Å². The van der Waals surface area contributed by atoms with Crippen LogP contribution < -0.4 is 22.3 Å². The Balaban J connectivity index is 2.97. The molecule has 6 nitrogen and oxygen atoms in total. The second-order valence-electron chi connectivity index (χ2n) is 4.31. The number of unbranched alkanes of at least 4 members (excludes halogenated alkanes) is 1. The van der Waals surface area contributed by atoms with Gasteiger partial charge in [-0.2, -0.15) is 0 Å². The van der Waals surface area contributed by atoms with Crippen LogP contribution >= 0.6 is 0 Å². The van der Waals surface area contributed by atoms with Gasteiger partial charge < -0.3 is 11.1 Å². The minimum absolute atomic E-state index is 0.211. The van der Waals surface area contributed by atoms with E-state index in [1.165, 1.54) is 4.57 Å². The third-order valence-electron chi connectivity index (χ3n) is 2.82. The van der Waals surface area contributed by atoms with E-state index < -0.39 is 11.2 Å². The zero-order valence-electron chi connectivity index (χ0n) is 11.5. The Hall–Kier alpha value is -1.98. The van der Waals surface area contributed by atoms with E-state index in [1.54, 1.807) is 0 Å². The quantitative estimate of drug-likeness (QED) is 0.512. The number of rotatable bonds is 7. The number of allylic oxidation sites excluding steroid dienone is 1. The van der Waals surface area contributed by atoms with Gasteiger partial charge in [-0.3, -0.25) is 14.3 Å². The molecule has 0 fully saturated rings. The van der Waals surface area contributed by atoms with Crippen molar-refractivity contribution < 1.29 is 0 Å². The third-order valence-corrected chi connectivity index (χ3v) is 2.82. The van der Waals surface area contributed by atoms with E-state index in [-0.39, 0.29) is 11.5 Å². The van der Waals surface area contributed by atoms with Crippen LogP contribution in [-0.2, 0) is 6.54 Å². The second kappa shape index (κ2) is 7.45. The Morgan fingerprint density at radius 2 is 2.16 bits per heavy atom. The summed E-state index contributed by atoms with van der Waals surface area (Å²) in [5.74, 6) is 0.211. The average Bonchev–Trinajstić information content (AvgIpc) is 2.37. The van der Waals surface area contributed by atoms with E-state index in [4.69, 9.17) is 5.73 Å². The fourth-order valence-corrected chi connectivity index (χ4v) is 1.74. The molecule has 6 heteroatoms. The van der Waals surface area contributed by atoms with Gasteiger partial charge in [0.2, 0.25) is 0 Å². The molecule has 0 atom stereocenters. The molecule has 19 heavy (non-hydrogen) atoms. The molecule has 1 aromatic heterocycles. The maximum absolute atomic E-state index is 11.7. The molecule has 1 aromatic rings. The molecule has 0 unspecified atom stereocenters. The van der Waals surface area contributed by atoms with E-state index in [0.717, 1.165) is 19.3 Å². The molecular formula is C13H22N4O2. The first-order chi connectivity index (χ1) is 9.11. The van der Waals surface area contributed by atoms with Crippen LogP contribution in [0.25, 0.3) is 0 Å². The van der Waals surface area contributed by atoms with Crippen molar-refractivity contribution in [3.8, 4) is 0 Å². The molecule has 0 saturated heterocycles. The van der Waals surface area contributed by atoms with Crippen molar-refractivity contribution >= 4 is 11.5 Å². The summed E-state index contributed by atoms with van der Waals surface area (Å²) in [5, 5.41) is 2.98. The number of nitrogens with two attached hydrogens (primary N) is 1. The largest absolute Gasteiger partial charge is 0.383 e. The van der Waals surface area contributed by atoms with Gasteiger partial charge in [-0.1, -0.05) is 25.5 Å². The Labute approximate surface area is 112 Å². The SMILES string of the molecule is C/C=C/CCNc1c(N)n(CCCC)c(=O)[nH]c1=O. The Bertz CT molecular complexity index is 543. The Morgan fingerprint density at radius 3 is 2.79 bits per heavy atom. The van der Waals surface area contributed by atoms with Gasteiger partial charge in [-0.15, -0.1) is 0 Å². The van der Waals surface area contributed by atoms with E-state index in [2.05, 4.69) is 10.3 Å². The molecule has 0 amide bonds. The fourth-order valence-electron chi connectivity index (χ4n) is 1.74. The zero-order chi connectivity index (χ0) is 14.3. The lowest BCUT2D eigenvalue weighted by molar-refractivity contribution is 0.605. The lowest BCUT2D eigenvalue weighted by Crippen LogP contribution is -2.34. The van der Waals surface area contributed by atoms with Gasteiger partial charge in [0, 0.05) is 13.1 Å². The molecule has 0 aromatic carbocycles. The molecule has 0 aliphatic carbocycles. The highest BCUT2D eigenvalue weighted by atomic mass is 16.2. The van der Waals surface area contributed by atoms with Gasteiger partial charge in [0.1, 0.15) is 11.5 Å². The molecular weight excluding hydrogens is 244 g/mol. The van der Waals surface area contributed by atoms with Crippen molar-refractivity contribution in [1.82, 2.24) is 9.55 Å². The molecule has 0 spiro atoms. The minimum atomic E-state index is -0.462. The van der Waals surface area contributed by atoms with Gasteiger partial charge in [0.05, 0.1) is 0 Å². The Morgan fingerprint density at radius 1 is 1.42 bits per heavy atom. The average molecular weight is 266 g/mol. The normalized spacial score (nSPS) is 11.1. The highest BCUT2D eigenvalue weighted by molar-refractivity contribution is 5.60. The zero-order valence-corrected chi connectivity index (χ0v) is 11.5. The lowest BCUT2D eigenvalue weighted by Gasteiger charge is -2.13. The van der Waals surface area contributed by atoms with Gasteiger partial charge in [-0.05, 0) is 19.8 Å². The van der Waals surface area contributed by atoms with Crippen LogP contribution in [0.5, 0.6) is 0 Å². The monoisotopic (exact) mass is 266 g/mol. The van der Waals surface area contributed by atoms with Crippen LogP contribution in [0.15, 0.2) is 21.7 Å². The second-order valence-corrected chi connectivity index (χ2v) is 4.31. The smallest absolute Gasteiger partial charge is 0.330 e. The summed E-state index contributed by atoms with van der Waals surface area (Å²) in [4.78, 5) is 25.7. The van der Waals surface area contributed by atoms with E-state index in [0.29, 0.717) is 13.1 Å². The number of H-pyrrole nitrogens is 1. The van der Waals surface area contributed by atoms with Crippen molar-refractivity contribution in [2.75, 3.05) is 17.6 Å². The highest BCUT2D eigenvalue weighted by Crippen LogP contribution is 2.10. The molecule has 1 rings (SSSR count). The van der Waals surface area contributed by atoms with E-state index in [9.17, 15) is 9.59 Å². The van der Waals surface area contributed by atoms with Gasteiger partial charge in [0.25, 0.3) is 5.56 Å². The number of nitrogen functional groups attached to an aromatic ring is 1. The summed E-state index contributed by atoms with van der Waals surface area (Å²) in [6, 6.07) is 0. The number of anilines is 2. The van der Waals surface area contributed by atoms with Crippen LogP contribution in [0, 0.1) is 0 Å². The lowest BCUT2D eigenvalue weighted by atomic mass is 10.3. The van der Waals surface area contributed by atoms with E-state index in [1.807, 2.05) is 26.0 Å². The highest BCUT2D eigenvalue weighted by Gasteiger charge is 2.10. The number of nitrogens with zero attached hydrogens (tertiary/aromatic N) is 1. The van der Waals surface area contributed by atoms with Crippen molar-refractivity contribution in [1.29, 1.82) is 0 Å². The predicted octanol–water partition coefficient (Wildman–Crippen LogP) is 1.30. The number of hydrogen-bond acceptors (Lipinski definition) is 4. The molecule has 0 aliphatic rings. The predicted molar refractivity (Wildman–Crippen MR) is 78.6 cm³/mol. The van der Waals surface area contributed by atoms with Crippen molar-refractivity contribution in [2.45, 2.75) is 39.7 Å². The summed E-state index contributed by atoms with van der Waals surface area (Å²) in [7, 11) is 0. The molecule has 1 heterocycles. The first-order valence-corrected chi connectivity index (χ1v) is 6.59. The van der Waals surface area contributed by atoms with Gasteiger partial charge in [0.15, 0.2) is 0 Å². The molecule has 0 bridgehead atoms. The van der Waals surface area contributed by atoms with Crippen LogP contribution in [-0.4, -0.2) is 16.1 Å². The topological polar surface area (TPSA) is 92.9 Å². The van der Waals surface area contributed by atoms with Crippen LogP contribution in [0.1, 0.15) is 33.1 Å². The summed E-state index contributed by atoms with van der Waals surface area (Å²) in [6.07, 6.45) is 6.52. The molecule has 0 radical (unpaired) electrons. The van der Waals surface area contributed by atoms with Gasteiger partial charge in [-0.25, -0.2) is 4.79 Å². The number of aromatic nitrogens is 2. The van der Waals surface area contributed by atoms with Crippen molar-refractivity contribution in [2.24, 2.45) is 0 Å². The number of hydrogen-bond donors (Lipinski definition) is 3. The third kappa shape index (κ3) is 4.01. The number of aromatic amines is 1. The van der Waals surface area contributed by atoms with Crippen LogP contribution in [0.4, 0.5) is 11.5 Å². The molecule has 0 aliphatic heterocycles. The summed E-state index contributed by atoms with van der Waals surface area (Å²) in [6.45, 7) is 5.08. The van der Waals surface area contributed by atoms with Gasteiger partial charge >= 0.3 is 5.69 Å². The number of nitrogens with one attached hydrogen (secondary N) is 2.